The van der Waals surface area contributed by atoms with E-state index in [2.05, 4.69) is 82.6 Å². The number of benzene rings is 3. The fourth-order valence-corrected chi connectivity index (χ4v) is 4.16. The van der Waals surface area contributed by atoms with Crippen LogP contribution in [-0.4, -0.2) is 28.5 Å². The second-order valence-electron chi connectivity index (χ2n) is 7.36. The van der Waals surface area contributed by atoms with E-state index in [1.54, 1.807) is 12.4 Å². The number of aromatic nitrogens is 2. The first-order chi connectivity index (χ1) is 13.3. The maximum absolute atomic E-state index is 4.45. The molecule has 0 fully saturated rings. The number of fused-ring (bicyclic) bond motifs is 2. The van der Waals surface area contributed by atoms with Crippen molar-refractivity contribution in [1.29, 1.82) is 0 Å². The van der Waals surface area contributed by atoms with E-state index in [0.29, 0.717) is 5.92 Å². The lowest BCUT2D eigenvalue weighted by atomic mass is 9.83. The van der Waals surface area contributed by atoms with Gasteiger partial charge in [0.05, 0.1) is 11.9 Å². The Balaban J connectivity index is 1.59. The van der Waals surface area contributed by atoms with E-state index in [4.69, 9.17) is 0 Å². The Bertz CT molecular complexity index is 1100. The van der Waals surface area contributed by atoms with E-state index in [0.717, 1.165) is 24.3 Å². The van der Waals surface area contributed by atoms with Gasteiger partial charge in [0, 0.05) is 37.0 Å². The van der Waals surface area contributed by atoms with Gasteiger partial charge in [0.1, 0.15) is 0 Å². The van der Waals surface area contributed by atoms with Gasteiger partial charge in [0.2, 0.25) is 0 Å². The maximum atomic E-state index is 4.45. The molecule has 0 bridgehead atoms. The van der Waals surface area contributed by atoms with Gasteiger partial charge in [-0.1, -0.05) is 54.6 Å². The summed E-state index contributed by atoms with van der Waals surface area (Å²) in [6.07, 6.45) is 5.29. The first-order valence-electron chi connectivity index (χ1n) is 9.34. The molecule has 0 amide bonds. The van der Waals surface area contributed by atoms with E-state index in [-0.39, 0.29) is 0 Å². The van der Waals surface area contributed by atoms with Crippen LogP contribution in [0.25, 0.3) is 22.0 Å². The minimum Gasteiger partial charge on any atom is -0.301 e. The Morgan fingerprint density at radius 1 is 0.926 bits per heavy atom. The fraction of sp³-hybridized carbons (Fsp3) is 0.167. The lowest BCUT2D eigenvalue weighted by Crippen LogP contribution is -2.31. The van der Waals surface area contributed by atoms with Gasteiger partial charge >= 0.3 is 0 Å². The van der Waals surface area contributed by atoms with Gasteiger partial charge in [-0.05, 0) is 40.6 Å². The molecule has 3 heteroatoms. The Labute approximate surface area is 159 Å². The zero-order valence-electron chi connectivity index (χ0n) is 15.3. The van der Waals surface area contributed by atoms with Crippen molar-refractivity contribution in [3.63, 3.8) is 0 Å². The Kier molecular flexibility index (Phi) is 3.95. The zero-order valence-corrected chi connectivity index (χ0v) is 15.3. The molecule has 4 aromatic rings. The highest BCUT2D eigenvalue weighted by Crippen LogP contribution is 2.36. The van der Waals surface area contributed by atoms with Gasteiger partial charge in [-0.2, -0.15) is 0 Å². The second kappa shape index (κ2) is 6.60. The summed E-state index contributed by atoms with van der Waals surface area (Å²) in [5, 5.41) is 2.60. The maximum Gasteiger partial charge on any atom is 0.0885 e. The standard InChI is InChI=1S/C24H21N3/c1-27-15-21-13-20(24-14-25-10-11-26-24)8-9-22(21)23(16-27)19-7-6-17-4-2-3-5-18(17)12-19/h2-14,23H,15-16H2,1H3. The molecule has 2 heterocycles. The van der Waals surface area contributed by atoms with Crippen molar-refractivity contribution in [3.05, 3.63) is 95.9 Å². The summed E-state index contributed by atoms with van der Waals surface area (Å²) in [5.74, 6) is 0.388. The summed E-state index contributed by atoms with van der Waals surface area (Å²) < 4.78 is 0. The first kappa shape index (κ1) is 16.2. The van der Waals surface area contributed by atoms with Crippen molar-refractivity contribution in [2.45, 2.75) is 12.5 Å². The second-order valence-corrected chi connectivity index (χ2v) is 7.36. The Hall–Kier alpha value is -3.04. The smallest absolute Gasteiger partial charge is 0.0885 e. The fourth-order valence-electron chi connectivity index (χ4n) is 4.16. The van der Waals surface area contributed by atoms with Crippen molar-refractivity contribution in [3.8, 4) is 11.3 Å². The van der Waals surface area contributed by atoms with Crippen LogP contribution in [0.3, 0.4) is 0 Å². The van der Waals surface area contributed by atoms with Crippen LogP contribution in [0.5, 0.6) is 0 Å². The molecule has 0 saturated heterocycles. The van der Waals surface area contributed by atoms with Crippen molar-refractivity contribution in [1.82, 2.24) is 14.9 Å². The first-order valence-corrected chi connectivity index (χ1v) is 9.34. The molecule has 0 radical (unpaired) electrons. The third kappa shape index (κ3) is 3.00. The topological polar surface area (TPSA) is 29.0 Å². The lowest BCUT2D eigenvalue weighted by Gasteiger charge is -2.33. The molecule has 0 spiro atoms. The van der Waals surface area contributed by atoms with Crippen LogP contribution in [0.4, 0.5) is 0 Å². The average molecular weight is 351 g/mol. The largest absolute Gasteiger partial charge is 0.301 e. The number of nitrogens with zero attached hydrogens (tertiary/aromatic N) is 3. The van der Waals surface area contributed by atoms with Crippen LogP contribution in [0.15, 0.2) is 79.3 Å². The highest BCUT2D eigenvalue weighted by molar-refractivity contribution is 5.83. The van der Waals surface area contributed by atoms with Crippen molar-refractivity contribution in [2.75, 3.05) is 13.6 Å². The SMILES string of the molecule is CN1Cc2cc(-c3cnccn3)ccc2C(c2ccc3ccccc3c2)C1. The van der Waals surface area contributed by atoms with Crippen LogP contribution in [0, 0.1) is 0 Å². The summed E-state index contributed by atoms with van der Waals surface area (Å²) in [7, 11) is 2.20. The van der Waals surface area contributed by atoms with Gasteiger partial charge < -0.3 is 4.90 Å². The minimum atomic E-state index is 0.388. The molecule has 0 N–H and O–H groups in total. The number of likely N-dealkylation sites (N-methyl/N-ethyl adjacent to an activating group) is 1. The van der Waals surface area contributed by atoms with Crippen LogP contribution in [0.1, 0.15) is 22.6 Å². The van der Waals surface area contributed by atoms with E-state index in [1.807, 2.05) is 6.20 Å². The summed E-state index contributed by atoms with van der Waals surface area (Å²) >= 11 is 0. The van der Waals surface area contributed by atoms with Crippen molar-refractivity contribution >= 4 is 10.8 Å². The summed E-state index contributed by atoms with van der Waals surface area (Å²) in [6, 6.07) is 22.2. The van der Waals surface area contributed by atoms with Gasteiger partial charge in [-0.25, -0.2) is 0 Å². The molecule has 0 aliphatic carbocycles. The molecular formula is C24H21N3. The molecule has 5 rings (SSSR count). The molecule has 1 aromatic heterocycles. The predicted molar refractivity (Wildman–Crippen MR) is 110 cm³/mol. The molecule has 3 aromatic carbocycles. The monoisotopic (exact) mass is 351 g/mol. The highest BCUT2D eigenvalue weighted by atomic mass is 15.1. The lowest BCUT2D eigenvalue weighted by molar-refractivity contribution is 0.295. The third-order valence-corrected chi connectivity index (χ3v) is 5.49. The van der Waals surface area contributed by atoms with Crippen molar-refractivity contribution < 1.29 is 0 Å². The Morgan fingerprint density at radius 2 is 1.81 bits per heavy atom. The van der Waals surface area contributed by atoms with Crippen molar-refractivity contribution in [2.24, 2.45) is 0 Å². The number of hydrogen-bond acceptors (Lipinski definition) is 3. The number of rotatable bonds is 2. The van der Waals surface area contributed by atoms with E-state index in [9.17, 15) is 0 Å². The van der Waals surface area contributed by atoms with Crippen LogP contribution >= 0.6 is 0 Å². The van der Waals surface area contributed by atoms with Gasteiger partial charge in [-0.3, -0.25) is 9.97 Å². The molecule has 1 unspecified atom stereocenters. The van der Waals surface area contributed by atoms with Gasteiger partial charge in [0.25, 0.3) is 0 Å². The summed E-state index contributed by atoms with van der Waals surface area (Å²) in [6.45, 7) is 2.00. The minimum absolute atomic E-state index is 0.388. The number of hydrogen-bond donors (Lipinski definition) is 0. The van der Waals surface area contributed by atoms with E-state index < -0.39 is 0 Å². The molecule has 1 aliphatic rings. The van der Waals surface area contributed by atoms with E-state index >= 15 is 0 Å². The normalized spacial score (nSPS) is 17.0. The van der Waals surface area contributed by atoms with Crippen LogP contribution in [-0.2, 0) is 6.54 Å². The Morgan fingerprint density at radius 3 is 2.67 bits per heavy atom. The van der Waals surface area contributed by atoms with Gasteiger partial charge in [-0.15, -0.1) is 0 Å². The van der Waals surface area contributed by atoms with Gasteiger partial charge in [0.15, 0.2) is 0 Å². The quantitative estimate of drug-likeness (QED) is 0.516. The zero-order chi connectivity index (χ0) is 18.2. The van der Waals surface area contributed by atoms with Crippen LogP contribution in [0.2, 0.25) is 0 Å². The molecule has 1 atom stereocenters. The van der Waals surface area contributed by atoms with Crippen LogP contribution < -0.4 is 0 Å². The molecule has 0 saturated carbocycles. The predicted octanol–water partition coefficient (Wildman–Crippen LogP) is 4.87. The molecule has 132 valence electrons. The molecule has 27 heavy (non-hydrogen) atoms. The molecule has 1 aliphatic heterocycles. The average Bonchev–Trinajstić information content (AvgIpc) is 2.73. The third-order valence-electron chi connectivity index (χ3n) is 5.49. The molecule has 3 nitrogen and oxygen atoms in total. The summed E-state index contributed by atoms with van der Waals surface area (Å²) in [4.78, 5) is 11.1. The molecular weight excluding hydrogens is 330 g/mol. The van der Waals surface area contributed by atoms with E-state index in [1.165, 1.54) is 27.5 Å². The summed E-state index contributed by atoms with van der Waals surface area (Å²) in [5.41, 5.74) is 6.25. The highest BCUT2D eigenvalue weighted by Gasteiger charge is 2.25.